The fraction of sp³-hybridized carbons (Fsp3) is 0.333. The molecule has 26 heavy (non-hydrogen) atoms. The highest BCUT2D eigenvalue weighted by Crippen LogP contribution is 2.30. The highest BCUT2D eigenvalue weighted by molar-refractivity contribution is 9.10. The molecule has 3 atom stereocenters. The first-order valence-electron chi connectivity index (χ1n) is 7.92. The molecule has 4 nitrogen and oxygen atoms in total. The summed E-state index contributed by atoms with van der Waals surface area (Å²) in [5.41, 5.74) is 0.652. The van der Waals surface area contributed by atoms with E-state index in [0.717, 1.165) is 4.47 Å². The number of amides is 1. The second kappa shape index (κ2) is 9.79. The van der Waals surface area contributed by atoms with Crippen molar-refractivity contribution in [1.82, 2.24) is 0 Å². The van der Waals surface area contributed by atoms with Gasteiger partial charge in [0.1, 0.15) is 10.6 Å². The van der Waals surface area contributed by atoms with Gasteiger partial charge in [-0.05, 0) is 38.0 Å². The zero-order valence-electron chi connectivity index (χ0n) is 13.8. The Balaban J connectivity index is 2.09. The van der Waals surface area contributed by atoms with Crippen molar-refractivity contribution in [2.24, 2.45) is 11.8 Å². The third-order valence-corrected chi connectivity index (χ3v) is 5.58. The van der Waals surface area contributed by atoms with E-state index in [9.17, 15) is 9.59 Å². The summed E-state index contributed by atoms with van der Waals surface area (Å²) in [5, 5.41) is 2.89. The van der Waals surface area contributed by atoms with Crippen LogP contribution in [0.4, 0.5) is 5.69 Å². The van der Waals surface area contributed by atoms with E-state index < -0.39 is 23.9 Å². The minimum atomic E-state index is -0.783. The number of halogens is 4. The summed E-state index contributed by atoms with van der Waals surface area (Å²) in [6.45, 7) is 1.57. The average molecular weight is 482 g/mol. The monoisotopic (exact) mass is 479 g/mol. The molecule has 1 aliphatic carbocycles. The summed E-state index contributed by atoms with van der Waals surface area (Å²) in [6.07, 6.45) is 3.84. The van der Waals surface area contributed by atoms with Crippen LogP contribution in [0.3, 0.4) is 0 Å². The Kier molecular flexibility index (Phi) is 8.02. The highest BCUT2D eigenvalue weighted by Gasteiger charge is 2.36. The van der Waals surface area contributed by atoms with Crippen molar-refractivity contribution < 1.29 is 14.3 Å². The average Bonchev–Trinajstić information content (AvgIpc) is 2.60. The van der Waals surface area contributed by atoms with Gasteiger partial charge in [-0.1, -0.05) is 69.0 Å². The van der Waals surface area contributed by atoms with Gasteiger partial charge in [-0.25, -0.2) is 0 Å². The van der Waals surface area contributed by atoms with Gasteiger partial charge in [-0.3, -0.25) is 9.59 Å². The molecule has 2 rings (SSSR count). The van der Waals surface area contributed by atoms with Crippen molar-refractivity contribution >= 4 is 68.3 Å². The first-order chi connectivity index (χ1) is 12.3. The predicted octanol–water partition coefficient (Wildman–Crippen LogP) is 5.79. The summed E-state index contributed by atoms with van der Waals surface area (Å²) in [6, 6.07) is 7.25. The van der Waals surface area contributed by atoms with Crippen LogP contribution in [-0.2, 0) is 14.3 Å². The number of hydrogen-bond donors (Lipinski definition) is 1. The molecule has 1 N–H and O–H groups in total. The Morgan fingerprint density at radius 2 is 1.85 bits per heavy atom. The van der Waals surface area contributed by atoms with E-state index in [1.54, 1.807) is 19.1 Å². The van der Waals surface area contributed by atoms with Crippen molar-refractivity contribution in [3.8, 4) is 0 Å². The Hall–Kier alpha value is -1.01. The lowest BCUT2D eigenvalue weighted by molar-refractivity contribution is -0.155. The molecule has 1 amide bonds. The Bertz CT molecular complexity index is 747. The van der Waals surface area contributed by atoms with Crippen LogP contribution in [0.5, 0.6) is 0 Å². The molecular weight excluding hydrogens is 464 g/mol. The first-order valence-corrected chi connectivity index (χ1v) is 9.85. The van der Waals surface area contributed by atoms with E-state index in [4.69, 9.17) is 39.5 Å². The van der Waals surface area contributed by atoms with Crippen LogP contribution in [0.2, 0.25) is 0 Å². The van der Waals surface area contributed by atoms with Crippen molar-refractivity contribution in [2.45, 2.75) is 25.9 Å². The number of rotatable bonds is 5. The number of nitrogens with one attached hydrogen (secondary N) is 1. The molecule has 0 aromatic heterocycles. The van der Waals surface area contributed by atoms with E-state index in [1.165, 1.54) is 0 Å². The second-order valence-corrected chi connectivity index (χ2v) is 8.12. The van der Waals surface area contributed by atoms with Crippen LogP contribution >= 0.6 is 50.7 Å². The summed E-state index contributed by atoms with van der Waals surface area (Å²) in [7, 11) is 0. The van der Waals surface area contributed by atoms with E-state index in [1.807, 2.05) is 24.3 Å². The fourth-order valence-corrected chi connectivity index (χ4v) is 3.38. The second-order valence-electron chi connectivity index (χ2n) is 5.84. The van der Waals surface area contributed by atoms with Gasteiger partial charge < -0.3 is 10.1 Å². The number of benzene rings is 1. The van der Waals surface area contributed by atoms with Crippen LogP contribution in [-0.4, -0.2) is 18.0 Å². The number of carbonyl (C=O) groups is 2. The lowest BCUT2D eigenvalue weighted by Crippen LogP contribution is -2.36. The molecule has 0 radical (unpaired) electrons. The fourth-order valence-electron chi connectivity index (χ4n) is 2.63. The van der Waals surface area contributed by atoms with Crippen LogP contribution in [0.15, 0.2) is 50.4 Å². The SMILES string of the molecule is C[C@H](OC(=O)[C@H]1CC=CC[C@@H]1C(=O)Nc1cccc(Br)c1)C(Cl)=C(Cl)Cl. The van der Waals surface area contributed by atoms with Crippen LogP contribution in [0.25, 0.3) is 0 Å². The zero-order valence-corrected chi connectivity index (χ0v) is 17.7. The normalized spacial score (nSPS) is 20.2. The van der Waals surface area contributed by atoms with E-state index >= 15 is 0 Å². The predicted molar refractivity (Wildman–Crippen MR) is 108 cm³/mol. The van der Waals surface area contributed by atoms with Gasteiger partial charge >= 0.3 is 5.97 Å². The maximum Gasteiger partial charge on any atom is 0.310 e. The third-order valence-electron chi connectivity index (χ3n) is 3.99. The molecule has 1 aromatic carbocycles. The van der Waals surface area contributed by atoms with Gasteiger partial charge in [0.15, 0.2) is 0 Å². The van der Waals surface area contributed by atoms with Gasteiger partial charge in [0.2, 0.25) is 5.91 Å². The number of allylic oxidation sites excluding steroid dienone is 2. The van der Waals surface area contributed by atoms with Crippen LogP contribution in [0.1, 0.15) is 19.8 Å². The first kappa shape index (κ1) is 21.3. The van der Waals surface area contributed by atoms with E-state index in [-0.39, 0.29) is 15.4 Å². The zero-order chi connectivity index (χ0) is 19.3. The quantitative estimate of drug-likeness (QED) is 0.428. The Labute approximate surface area is 175 Å². The number of ether oxygens (including phenoxy) is 1. The highest BCUT2D eigenvalue weighted by atomic mass is 79.9. The van der Waals surface area contributed by atoms with Gasteiger partial charge in [-0.2, -0.15) is 0 Å². The number of anilines is 1. The summed E-state index contributed by atoms with van der Waals surface area (Å²) in [5.74, 6) is -1.89. The van der Waals surface area contributed by atoms with E-state index in [2.05, 4.69) is 21.2 Å². The molecular formula is C18H17BrCl3NO3. The molecule has 0 saturated carbocycles. The minimum Gasteiger partial charge on any atom is -0.457 e. The molecule has 140 valence electrons. The number of carbonyl (C=O) groups excluding carboxylic acids is 2. The van der Waals surface area contributed by atoms with Gasteiger partial charge in [-0.15, -0.1) is 0 Å². The Morgan fingerprint density at radius 3 is 2.46 bits per heavy atom. The lowest BCUT2D eigenvalue weighted by atomic mass is 9.82. The van der Waals surface area contributed by atoms with Crippen LogP contribution in [0, 0.1) is 11.8 Å². The minimum absolute atomic E-state index is 0.0446. The summed E-state index contributed by atoms with van der Waals surface area (Å²) >= 11 is 20.5. The molecule has 0 heterocycles. The van der Waals surface area contributed by atoms with Crippen molar-refractivity contribution in [3.63, 3.8) is 0 Å². The molecule has 0 bridgehead atoms. The largest absolute Gasteiger partial charge is 0.457 e. The standard InChI is InChI=1S/C18H17BrCl3NO3/c1-10(15(20)16(21)22)26-18(25)14-8-3-2-7-13(14)17(24)23-12-6-4-5-11(19)9-12/h2-6,9-10,13-14H,7-8H2,1H3,(H,23,24)/t10-,13-,14-/m0/s1. The maximum atomic E-state index is 12.7. The molecule has 0 unspecified atom stereocenters. The smallest absolute Gasteiger partial charge is 0.310 e. The van der Waals surface area contributed by atoms with Crippen LogP contribution < -0.4 is 5.32 Å². The Morgan fingerprint density at radius 1 is 1.19 bits per heavy atom. The molecule has 0 fully saturated rings. The molecule has 1 aliphatic rings. The van der Waals surface area contributed by atoms with Crippen molar-refractivity contribution in [2.75, 3.05) is 5.32 Å². The molecule has 0 spiro atoms. The number of hydrogen-bond acceptors (Lipinski definition) is 3. The van der Waals surface area contributed by atoms with Crippen molar-refractivity contribution in [3.05, 3.63) is 50.4 Å². The number of esters is 1. The molecule has 8 heteroatoms. The third kappa shape index (κ3) is 5.74. The summed E-state index contributed by atoms with van der Waals surface area (Å²) in [4.78, 5) is 25.2. The van der Waals surface area contributed by atoms with Crippen molar-refractivity contribution in [1.29, 1.82) is 0 Å². The van der Waals surface area contributed by atoms with Gasteiger partial charge in [0.05, 0.1) is 16.9 Å². The molecule has 1 aromatic rings. The summed E-state index contributed by atoms with van der Waals surface area (Å²) < 4.78 is 6.04. The lowest BCUT2D eigenvalue weighted by Gasteiger charge is -2.27. The topological polar surface area (TPSA) is 55.4 Å². The van der Waals surface area contributed by atoms with Gasteiger partial charge in [0.25, 0.3) is 0 Å². The molecule has 0 saturated heterocycles. The maximum absolute atomic E-state index is 12.7. The van der Waals surface area contributed by atoms with E-state index in [0.29, 0.717) is 18.5 Å². The molecule has 0 aliphatic heterocycles. The van der Waals surface area contributed by atoms with Gasteiger partial charge in [0, 0.05) is 10.2 Å².